The molecule has 0 aliphatic carbocycles. The van der Waals surface area contributed by atoms with Crippen LogP contribution in [-0.2, 0) is 19.5 Å². The van der Waals surface area contributed by atoms with Crippen LogP contribution in [0.5, 0.6) is 5.75 Å². The number of nitrogens with zero attached hydrogens (tertiary/aromatic N) is 2. The van der Waals surface area contributed by atoms with Gasteiger partial charge in [0, 0.05) is 19.6 Å². The molecular weight excluding hydrogens is 567 g/mol. The van der Waals surface area contributed by atoms with E-state index in [1.165, 1.54) is 12.1 Å². The number of hydrogen-bond donors (Lipinski definition) is 0. The van der Waals surface area contributed by atoms with Gasteiger partial charge in [-0.25, -0.2) is 13.2 Å². The molecule has 4 rings (SSSR count). The molecule has 0 spiro atoms. The van der Waals surface area contributed by atoms with E-state index in [0.717, 1.165) is 13.1 Å². The van der Waals surface area contributed by atoms with E-state index in [0.29, 0.717) is 36.2 Å². The Hall–Kier alpha value is -2.08. The number of morpholine rings is 1. The molecule has 37 heavy (non-hydrogen) atoms. The predicted molar refractivity (Wildman–Crippen MR) is 141 cm³/mol. The van der Waals surface area contributed by atoms with Crippen LogP contribution in [0.25, 0.3) is 0 Å². The zero-order chi connectivity index (χ0) is 26.0. The smallest absolute Gasteiger partial charge is 0.343 e. The predicted octanol–water partition coefficient (Wildman–Crippen LogP) is 4.21. The van der Waals surface area contributed by atoms with Crippen LogP contribution in [0.4, 0.5) is 0 Å². The number of fused-ring (bicyclic) bond motifs is 1. The summed E-state index contributed by atoms with van der Waals surface area (Å²) in [6, 6.07) is 7.63. The standard InChI is InChI=1S/C24H26Cl2N2O7S.ClH/c1-15(2)16-4-3-5-19-20(16)23(29)28(36(19,31)32)14-35-24(30)21-17(25)6-7-18(22(21)26)34-13-10-27-8-11-33-12-9-27;/h3-7,15H,8-14H2,1-2H3;1H. The highest BCUT2D eigenvalue weighted by Crippen LogP contribution is 2.37. The second-order valence-corrected chi connectivity index (χ2v) is 11.2. The van der Waals surface area contributed by atoms with Crippen LogP contribution in [0, 0.1) is 0 Å². The molecule has 0 unspecified atom stereocenters. The van der Waals surface area contributed by atoms with Crippen molar-refractivity contribution in [1.29, 1.82) is 0 Å². The highest BCUT2D eigenvalue weighted by atomic mass is 35.5. The fraction of sp³-hybridized carbons (Fsp3) is 0.417. The largest absolute Gasteiger partial charge is 0.491 e. The Kier molecular flexibility index (Phi) is 9.71. The topological polar surface area (TPSA) is 102 Å². The summed E-state index contributed by atoms with van der Waals surface area (Å²) in [5.74, 6) is -1.57. The van der Waals surface area contributed by atoms with Crippen molar-refractivity contribution in [1.82, 2.24) is 9.21 Å². The monoisotopic (exact) mass is 592 g/mol. The van der Waals surface area contributed by atoms with Gasteiger partial charge in [0.25, 0.3) is 15.9 Å². The summed E-state index contributed by atoms with van der Waals surface area (Å²) >= 11 is 12.6. The van der Waals surface area contributed by atoms with Crippen molar-refractivity contribution in [3.8, 4) is 5.75 Å². The molecule has 202 valence electrons. The lowest BCUT2D eigenvalue weighted by Crippen LogP contribution is -2.38. The lowest BCUT2D eigenvalue weighted by atomic mass is 9.97. The number of esters is 1. The van der Waals surface area contributed by atoms with Crippen LogP contribution in [0.2, 0.25) is 10.0 Å². The van der Waals surface area contributed by atoms with E-state index in [9.17, 15) is 18.0 Å². The zero-order valence-electron chi connectivity index (χ0n) is 20.2. The second-order valence-electron chi connectivity index (χ2n) is 8.63. The number of carbonyl (C=O) groups excluding carboxylic acids is 2. The van der Waals surface area contributed by atoms with Crippen molar-refractivity contribution in [3.63, 3.8) is 0 Å². The van der Waals surface area contributed by atoms with Crippen molar-refractivity contribution >= 4 is 57.5 Å². The minimum Gasteiger partial charge on any atom is -0.491 e. The highest BCUT2D eigenvalue weighted by molar-refractivity contribution is 7.90. The molecule has 1 saturated heterocycles. The number of halogens is 3. The summed E-state index contributed by atoms with van der Waals surface area (Å²) in [6.07, 6.45) is 0. The first-order chi connectivity index (χ1) is 17.1. The van der Waals surface area contributed by atoms with Gasteiger partial charge < -0.3 is 14.2 Å². The third kappa shape index (κ3) is 6.00. The van der Waals surface area contributed by atoms with Gasteiger partial charge in [0.15, 0.2) is 6.73 Å². The fourth-order valence-corrected chi connectivity index (χ4v) is 6.12. The van der Waals surface area contributed by atoms with Gasteiger partial charge >= 0.3 is 5.97 Å². The van der Waals surface area contributed by atoms with Crippen LogP contribution in [-0.4, -0.2) is 75.7 Å². The average Bonchev–Trinajstić information content (AvgIpc) is 3.04. The maximum atomic E-state index is 13.0. The summed E-state index contributed by atoms with van der Waals surface area (Å²) in [6.45, 7) is 6.81. The number of amides is 1. The third-order valence-electron chi connectivity index (χ3n) is 6.03. The summed E-state index contributed by atoms with van der Waals surface area (Å²) in [7, 11) is -4.18. The number of benzene rings is 2. The Labute approximate surface area is 232 Å². The number of carbonyl (C=O) groups is 2. The van der Waals surface area contributed by atoms with E-state index in [-0.39, 0.29) is 50.1 Å². The fourth-order valence-electron chi connectivity index (χ4n) is 4.08. The Morgan fingerprint density at radius 2 is 1.84 bits per heavy atom. The maximum absolute atomic E-state index is 13.0. The van der Waals surface area contributed by atoms with Crippen LogP contribution in [0.3, 0.4) is 0 Å². The van der Waals surface area contributed by atoms with Crippen LogP contribution < -0.4 is 4.74 Å². The van der Waals surface area contributed by atoms with Crippen molar-refractivity contribution in [3.05, 3.63) is 57.1 Å². The molecule has 0 radical (unpaired) electrons. The molecule has 1 amide bonds. The summed E-state index contributed by atoms with van der Waals surface area (Å²) < 4.78 is 42.8. The molecule has 2 aromatic carbocycles. The SMILES string of the molecule is CC(C)c1cccc2c1C(=O)N(COC(=O)c1c(Cl)ccc(OCCN3CCOCC3)c1Cl)S2(=O)=O.Cl. The molecule has 0 atom stereocenters. The van der Waals surface area contributed by atoms with E-state index in [2.05, 4.69) is 4.90 Å². The normalized spacial score (nSPS) is 16.9. The van der Waals surface area contributed by atoms with Crippen LogP contribution >= 0.6 is 35.6 Å². The molecular formula is C24H27Cl3N2O7S. The van der Waals surface area contributed by atoms with Crippen molar-refractivity contribution in [2.75, 3.05) is 46.2 Å². The van der Waals surface area contributed by atoms with E-state index >= 15 is 0 Å². The molecule has 2 aromatic rings. The lowest BCUT2D eigenvalue weighted by molar-refractivity contribution is 0.0320. The van der Waals surface area contributed by atoms with E-state index in [1.54, 1.807) is 18.2 Å². The minimum absolute atomic E-state index is 0. The van der Waals surface area contributed by atoms with Gasteiger partial charge in [-0.1, -0.05) is 49.2 Å². The summed E-state index contributed by atoms with van der Waals surface area (Å²) in [5, 5.41) is -0.0537. The Balaban J connectivity index is 0.00000380. The average molecular weight is 594 g/mol. The van der Waals surface area contributed by atoms with Gasteiger partial charge in [-0.15, -0.1) is 12.4 Å². The molecule has 0 bridgehead atoms. The van der Waals surface area contributed by atoms with Gasteiger partial charge in [0.05, 0.1) is 28.8 Å². The molecule has 2 aliphatic heterocycles. The number of hydrogen-bond acceptors (Lipinski definition) is 8. The Morgan fingerprint density at radius 1 is 1.14 bits per heavy atom. The molecule has 2 heterocycles. The van der Waals surface area contributed by atoms with Crippen molar-refractivity contribution < 1.29 is 32.2 Å². The van der Waals surface area contributed by atoms with Gasteiger partial charge in [-0.2, -0.15) is 4.31 Å². The van der Waals surface area contributed by atoms with Crippen LogP contribution in [0.15, 0.2) is 35.2 Å². The first-order valence-corrected chi connectivity index (χ1v) is 13.6. The minimum atomic E-state index is -4.18. The van der Waals surface area contributed by atoms with E-state index in [4.69, 9.17) is 37.4 Å². The van der Waals surface area contributed by atoms with E-state index in [1.807, 2.05) is 13.8 Å². The Morgan fingerprint density at radius 3 is 2.51 bits per heavy atom. The molecule has 0 N–H and O–H groups in total. The maximum Gasteiger partial charge on any atom is 0.343 e. The summed E-state index contributed by atoms with van der Waals surface area (Å²) in [5.41, 5.74) is 0.518. The first kappa shape index (κ1) is 29.5. The van der Waals surface area contributed by atoms with Gasteiger partial charge in [0.1, 0.15) is 22.8 Å². The van der Waals surface area contributed by atoms with Crippen molar-refractivity contribution in [2.45, 2.75) is 24.7 Å². The lowest BCUT2D eigenvalue weighted by Gasteiger charge is -2.26. The van der Waals surface area contributed by atoms with E-state index < -0.39 is 28.6 Å². The van der Waals surface area contributed by atoms with Crippen molar-refractivity contribution in [2.24, 2.45) is 0 Å². The molecule has 1 fully saturated rings. The van der Waals surface area contributed by atoms with Crippen LogP contribution in [0.1, 0.15) is 46.0 Å². The second kappa shape index (κ2) is 12.2. The number of ether oxygens (including phenoxy) is 3. The zero-order valence-corrected chi connectivity index (χ0v) is 23.4. The molecule has 13 heteroatoms. The Bertz CT molecular complexity index is 1280. The third-order valence-corrected chi connectivity index (χ3v) is 8.47. The first-order valence-electron chi connectivity index (χ1n) is 11.4. The molecule has 0 saturated carbocycles. The molecule has 2 aliphatic rings. The van der Waals surface area contributed by atoms with Gasteiger partial charge in [-0.05, 0) is 29.7 Å². The summed E-state index contributed by atoms with van der Waals surface area (Å²) in [4.78, 5) is 27.9. The van der Waals surface area contributed by atoms with Gasteiger partial charge in [0.2, 0.25) is 0 Å². The molecule has 0 aromatic heterocycles. The molecule has 9 nitrogen and oxygen atoms in total. The van der Waals surface area contributed by atoms with Gasteiger partial charge in [-0.3, -0.25) is 9.69 Å². The quantitative estimate of drug-likeness (QED) is 0.420. The number of rotatable bonds is 8. The highest BCUT2D eigenvalue weighted by Gasteiger charge is 2.43. The number of sulfonamides is 1.